The van der Waals surface area contributed by atoms with E-state index in [4.69, 9.17) is 22.1 Å². The summed E-state index contributed by atoms with van der Waals surface area (Å²) in [5.74, 6) is 0.452. The van der Waals surface area contributed by atoms with E-state index >= 15 is 0 Å². The van der Waals surface area contributed by atoms with Crippen LogP contribution in [0.4, 0.5) is 0 Å². The van der Waals surface area contributed by atoms with Crippen molar-refractivity contribution >= 4 is 23.4 Å². The van der Waals surface area contributed by atoms with E-state index in [0.717, 1.165) is 29.3 Å². The van der Waals surface area contributed by atoms with Crippen molar-refractivity contribution in [2.24, 2.45) is 5.73 Å². The number of ether oxygens (including phenoxy) is 1. The molecule has 0 unspecified atom stereocenters. The quantitative estimate of drug-likeness (QED) is 0.547. The zero-order valence-electron chi connectivity index (χ0n) is 11.1. The molecule has 0 amide bonds. The van der Waals surface area contributed by atoms with Crippen LogP contribution in [0.2, 0.25) is 0 Å². The van der Waals surface area contributed by atoms with Crippen molar-refractivity contribution < 1.29 is 4.74 Å². The van der Waals surface area contributed by atoms with Gasteiger partial charge in [0.25, 0.3) is 0 Å². The molecule has 0 fully saturated rings. The van der Waals surface area contributed by atoms with Crippen molar-refractivity contribution in [2.75, 3.05) is 33.5 Å². The number of hydrogen-bond donors (Lipinski definition) is 1. The number of nitrogens with two attached hydrogens (primary N) is 1. The number of halogens is 1. The molecule has 0 aromatic carbocycles. The standard InChI is InChI=1S/C12H23ClN2OS/c1-5-6-10(13)9-11(17-4)12(14)16-8-7-15(2)3/h9H,5-8,14H2,1-4H3/b10-9+,12-11-. The molecule has 0 saturated carbocycles. The van der Waals surface area contributed by atoms with Crippen LogP contribution < -0.4 is 5.73 Å². The molecular formula is C12H23ClN2OS. The highest BCUT2D eigenvalue weighted by Gasteiger charge is 2.03. The van der Waals surface area contributed by atoms with Gasteiger partial charge in [0.1, 0.15) is 6.61 Å². The molecule has 0 heterocycles. The third-order valence-electron chi connectivity index (χ3n) is 2.04. The summed E-state index contributed by atoms with van der Waals surface area (Å²) in [6.07, 6.45) is 5.75. The number of rotatable bonds is 8. The van der Waals surface area contributed by atoms with Gasteiger partial charge >= 0.3 is 0 Å². The van der Waals surface area contributed by atoms with Gasteiger partial charge in [-0.25, -0.2) is 0 Å². The fourth-order valence-electron chi connectivity index (χ4n) is 1.09. The molecule has 0 aliphatic heterocycles. The molecule has 17 heavy (non-hydrogen) atoms. The Morgan fingerprint density at radius 2 is 2.12 bits per heavy atom. The van der Waals surface area contributed by atoms with E-state index < -0.39 is 0 Å². The van der Waals surface area contributed by atoms with Crippen LogP contribution in [0.15, 0.2) is 21.9 Å². The predicted octanol–water partition coefficient (Wildman–Crippen LogP) is 2.98. The highest BCUT2D eigenvalue weighted by atomic mass is 35.5. The monoisotopic (exact) mass is 278 g/mol. The summed E-state index contributed by atoms with van der Waals surface area (Å²) in [5.41, 5.74) is 5.87. The van der Waals surface area contributed by atoms with Gasteiger partial charge in [-0.2, -0.15) is 0 Å². The summed E-state index contributed by atoms with van der Waals surface area (Å²) in [6.45, 7) is 3.52. The van der Waals surface area contributed by atoms with E-state index in [2.05, 4.69) is 6.92 Å². The second kappa shape index (κ2) is 9.68. The minimum atomic E-state index is 0.452. The highest BCUT2D eigenvalue weighted by molar-refractivity contribution is 8.02. The lowest BCUT2D eigenvalue weighted by atomic mass is 10.3. The third kappa shape index (κ3) is 8.41. The Morgan fingerprint density at radius 3 is 2.59 bits per heavy atom. The van der Waals surface area contributed by atoms with E-state index in [9.17, 15) is 0 Å². The van der Waals surface area contributed by atoms with Crippen LogP contribution in [0, 0.1) is 0 Å². The topological polar surface area (TPSA) is 38.5 Å². The van der Waals surface area contributed by atoms with Crippen molar-refractivity contribution in [3.05, 3.63) is 21.9 Å². The van der Waals surface area contributed by atoms with E-state index in [0.29, 0.717) is 12.5 Å². The van der Waals surface area contributed by atoms with Crippen molar-refractivity contribution in [1.29, 1.82) is 0 Å². The Kier molecular flexibility index (Phi) is 9.50. The maximum atomic E-state index is 6.08. The first-order valence-corrected chi connectivity index (χ1v) is 7.28. The van der Waals surface area contributed by atoms with Crippen molar-refractivity contribution in [2.45, 2.75) is 19.8 Å². The summed E-state index contributed by atoms with van der Waals surface area (Å²) < 4.78 is 5.48. The van der Waals surface area contributed by atoms with Crippen LogP contribution in [0.5, 0.6) is 0 Å². The number of allylic oxidation sites excluding steroid dienone is 2. The normalized spacial score (nSPS) is 13.9. The fraction of sp³-hybridized carbons (Fsp3) is 0.667. The van der Waals surface area contributed by atoms with Crippen LogP contribution in [0.25, 0.3) is 0 Å². The molecule has 2 N–H and O–H groups in total. The molecule has 0 rings (SSSR count). The minimum absolute atomic E-state index is 0.452. The van der Waals surface area contributed by atoms with Crippen LogP contribution >= 0.6 is 23.4 Å². The number of hydrogen-bond acceptors (Lipinski definition) is 4. The van der Waals surface area contributed by atoms with Crippen molar-refractivity contribution in [1.82, 2.24) is 4.90 Å². The third-order valence-corrected chi connectivity index (χ3v) is 3.09. The lowest BCUT2D eigenvalue weighted by Gasteiger charge is -2.12. The molecule has 0 aliphatic carbocycles. The van der Waals surface area contributed by atoms with E-state index in [1.165, 1.54) is 0 Å². The lowest BCUT2D eigenvalue weighted by molar-refractivity contribution is 0.180. The SMILES string of the molecule is CCC/C(Cl)=C\C(SC)=C(/N)OCCN(C)C. The van der Waals surface area contributed by atoms with Gasteiger partial charge in [0.05, 0.1) is 4.91 Å². The van der Waals surface area contributed by atoms with Gasteiger partial charge in [0.15, 0.2) is 5.88 Å². The summed E-state index contributed by atoms with van der Waals surface area (Å²) in [5, 5.41) is 0.816. The maximum Gasteiger partial charge on any atom is 0.198 e. The molecule has 3 nitrogen and oxygen atoms in total. The molecule has 100 valence electrons. The van der Waals surface area contributed by atoms with Gasteiger partial charge in [-0.3, -0.25) is 0 Å². The second-order valence-electron chi connectivity index (χ2n) is 3.93. The van der Waals surface area contributed by atoms with Gasteiger partial charge in [-0.15, -0.1) is 11.8 Å². The average molecular weight is 279 g/mol. The number of nitrogens with zero attached hydrogens (tertiary/aromatic N) is 1. The number of thioether (sulfide) groups is 1. The zero-order chi connectivity index (χ0) is 13.3. The summed E-state index contributed by atoms with van der Waals surface area (Å²) in [6, 6.07) is 0. The summed E-state index contributed by atoms with van der Waals surface area (Å²) >= 11 is 7.62. The predicted molar refractivity (Wildman–Crippen MR) is 78.1 cm³/mol. The van der Waals surface area contributed by atoms with Gasteiger partial charge in [0.2, 0.25) is 0 Å². The van der Waals surface area contributed by atoms with Crippen LogP contribution in [-0.2, 0) is 4.74 Å². The van der Waals surface area contributed by atoms with E-state index in [-0.39, 0.29) is 0 Å². The molecule has 0 aliphatic rings. The highest BCUT2D eigenvalue weighted by Crippen LogP contribution is 2.22. The second-order valence-corrected chi connectivity index (χ2v) is 5.26. The van der Waals surface area contributed by atoms with Crippen molar-refractivity contribution in [3.63, 3.8) is 0 Å². The molecule has 0 aromatic heterocycles. The first-order chi connectivity index (χ1) is 8.01. The Labute approximate surface area is 114 Å². The average Bonchev–Trinajstić information content (AvgIpc) is 2.25. The van der Waals surface area contributed by atoms with E-state index in [1.54, 1.807) is 11.8 Å². The van der Waals surface area contributed by atoms with Gasteiger partial charge in [-0.1, -0.05) is 24.9 Å². The van der Waals surface area contributed by atoms with Crippen molar-refractivity contribution in [3.8, 4) is 0 Å². The molecule has 0 bridgehead atoms. The summed E-state index contributed by atoms with van der Waals surface area (Å²) in [7, 11) is 3.99. The molecule has 5 heteroatoms. The first-order valence-electron chi connectivity index (χ1n) is 5.68. The van der Waals surface area contributed by atoms with Crippen LogP contribution in [0.3, 0.4) is 0 Å². The molecule has 0 spiro atoms. The Balaban J connectivity index is 4.42. The van der Waals surface area contributed by atoms with Crippen LogP contribution in [-0.4, -0.2) is 38.4 Å². The summed E-state index contributed by atoms with van der Waals surface area (Å²) in [4.78, 5) is 2.94. The smallest absolute Gasteiger partial charge is 0.198 e. The van der Waals surface area contributed by atoms with E-state index in [1.807, 2.05) is 31.3 Å². The Hall–Kier alpha value is -0.320. The fourth-order valence-corrected chi connectivity index (χ4v) is 1.98. The zero-order valence-corrected chi connectivity index (χ0v) is 12.7. The maximum absolute atomic E-state index is 6.08. The van der Waals surface area contributed by atoms with Gasteiger partial charge < -0.3 is 15.4 Å². The molecule has 0 saturated heterocycles. The number of likely N-dealkylation sites (N-methyl/N-ethyl adjacent to an activating group) is 1. The first kappa shape index (κ1) is 16.7. The Bertz CT molecular complexity index is 278. The molecule has 0 atom stereocenters. The molecule has 0 aromatic rings. The molecular weight excluding hydrogens is 256 g/mol. The minimum Gasteiger partial charge on any atom is -0.477 e. The Morgan fingerprint density at radius 1 is 1.47 bits per heavy atom. The largest absolute Gasteiger partial charge is 0.477 e. The van der Waals surface area contributed by atoms with Gasteiger partial charge in [0, 0.05) is 11.6 Å². The van der Waals surface area contributed by atoms with Gasteiger partial charge in [-0.05, 0) is 32.8 Å². The lowest BCUT2D eigenvalue weighted by Crippen LogP contribution is -2.19. The van der Waals surface area contributed by atoms with Crippen LogP contribution in [0.1, 0.15) is 19.8 Å². The molecule has 0 radical (unpaired) electrons.